The summed E-state index contributed by atoms with van der Waals surface area (Å²) in [5.74, 6) is -1.06. The summed E-state index contributed by atoms with van der Waals surface area (Å²) in [7, 11) is 0. The minimum absolute atomic E-state index is 0.261. The molecule has 1 aromatic heterocycles. The van der Waals surface area contributed by atoms with Crippen LogP contribution >= 0.6 is 12.2 Å². The molecular formula is C16H16FN3O2S. The van der Waals surface area contributed by atoms with Gasteiger partial charge >= 0.3 is 0 Å². The van der Waals surface area contributed by atoms with Crippen molar-refractivity contribution in [2.45, 2.75) is 6.42 Å². The molecule has 3 N–H and O–H groups in total. The van der Waals surface area contributed by atoms with Crippen molar-refractivity contribution in [2.75, 3.05) is 13.1 Å². The number of rotatable bonds is 6. The molecule has 0 atom stereocenters. The molecule has 2 rings (SSSR count). The number of carbonyl (C=O) groups is 2. The molecule has 0 fully saturated rings. The standard InChI is InChI=1S/C16H16FN3O2S/c17-12-5-1-4-11(10-12)14(21)18-8-3-9-19-15(22)13-6-2-7-20-16(13)23/h1-2,4-7,10H,3,8-9H2,(H,18,21)(H,19,22)(H,20,23). The lowest BCUT2D eigenvalue weighted by Gasteiger charge is -2.07. The highest BCUT2D eigenvalue weighted by Gasteiger charge is 2.07. The van der Waals surface area contributed by atoms with Gasteiger partial charge in [0, 0.05) is 24.8 Å². The Hall–Kier alpha value is -2.54. The first-order valence-corrected chi connectivity index (χ1v) is 7.48. The third kappa shape index (κ3) is 5.00. The average molecular weight is 333 g/mol. The first-order chi connectivity index (χ1) is 11.1. The van der Waals surface area contributed by atoms with Crippen molar-refractivity contribution < 1.29 is 14.0 Å². The minimum atomic E-state index is -0.454. The topological polar surface area (TPSA) is 74.0 Å². The highest BCUT2D eigenvalue weighted by atomic mass is 32.1. The Balaban J connectivity index is 1.72. The molecule has 0 aliphatic heterocycles. The molecule has 0 aliphatic rings. The quantitative estimate of drug-likeness (QED) is 0.561. The molecular weight excluding hydrogens is 317 g/mol. The maximum atomic E-state index is 13.0. The minimum Gasteiger partial charge on any atom is -0.352 e. The first-order valence-electron chi connectivity index (χ1n) is 7.07. The number of benzene rings is 1. The van der Waals surface area contributed by atoms with Crippen molar-refractivity contribution in [3.8, 4) is 0 Å². The zero-order valence-corrected chi connectivity index (χ0v) is 13.1. The molecule has 1 heterocycles. The van der Waals surface area contributed by atoms with Crippen molar-refractivity contribution >= 4 is 24.0 Å². The van der Waals surface area contributed by atoms with E-state index in [1.54, 1.807) is 18.3 Å². The number of aromatic amines is 1. The van der Waals surface area contributed by atoms with Crippen molar-refractivity contribution in [2.24, 2.45) is 0 Å². The molecule has 0 bridgehead atoms. The second-order valence-electron chi connectivity index (χ2n) is 4.79. The molecule has 7 heteroatoms. The number of amides is 2. The van der Waals surface area contributed by atoms with E-state index < -0.39 is 5.82 Å². The van der Waals surface area contributed by atoms with Crippen LogP contribution in [0.1, 0.15) is 27.1 Å². The van der Waals surface area contributed by atoms with Gasteiger partial charge < -0.3 is 15.6 Å². The summed E-state index contributed by atoms with van der Waals surface area (Å²) in [6.45, 7) is 0.767. The molecule has 5 nitrogen and oxygen atoms in total. The Kier molecular flexibility index (Phi) is 5.99. The van der Waals surface area contributed by atoms with E-state index in [1.165, 1.54) is 24.3 Å². The fourth-order valence-corrected chi connectivity index (χ4v) is 2.15. The van der Waals surface area contributed by atoms with Gasteiger partial charge in [-0.3, -0.25) is 9.59 Å². The Morgan fingerprint density at radius 3 is 2.52 bits per heavy atom. The normalized spacial score (nSPS) is 10.1. The molecule has 0 unspecified atom stereocenters. The van der Waals surface area contributed by atoms with Crippen molar-refractivity contribution in [1.29, 1.82) is 0 Å². The number of halogens is 1. The molecule has 120 valence electrons. The number of aromatic nitrogens is 1. The van der Waals surface area contributed by atoms with Crippen LogP contribution in [0.5, 0.6) is 0 Å². The summed E-state index contributed by atoms with van der Waals surface area (Å²) in [6.07, 6.45) is 2.21. The molecule has 23 heavy (non-hydrogen) atoms. The van der Waals surface area contributed by atoms with Crippen LogP contribution in [0.15, 0.2) is 42.6 Å². The second-order valence-corrected chi connectivity index (χ2v) is 5.20. The lowest BCUT2D eigenvalue weighted by atomic mass is 10.2. The third-order valence-electron chi connectivity index (χ3n) is 3.07. The molecule has 0 spiro atoms. The first kappa shape index (κ1) is 16.8. The molecule has 2 aromatic rings. The summed E-state index contributed by atoms with van der Waals surface area (Å²) in [6, 6.07) is 8.81. The van der Waals surface area contributed by atoms with E-state index in [0.29, 0.717) is 29.7 Å². The monoisotopic (exact) mass is 333 g/mol. The summed E-state index contributed by atoms with van der Waals surface area (Å²) >= 11 is 5.02. The predicted octanol–water partition coefficient (Wildman–Crippen LogP) is 2.43. The van der Waals surface area contributed by atoms with Gasteiger partial charge in [-0.2, -0.15) is 0 Å². The smallest absolute Gasteiger partial charge is 0.254 e. The maximum absolute atomic E-state index is 13.0. The Morgan fingerprint density at radius 2 is 1.83 bits per heavy atom. The van der Waals surface area contributed by atoms with Crippen molar-refractivity contribution in [3.63, 3.8) is 0 Å². The van der Waals surface area contributed by atoms with E-state index >= 15 is 0 Å². The van der Waals surface area contributed by atoms with Gasteiger partial charge in [-0.05, 0) is 36.8 Å². The lowest BCUT2D eigenvalue weighted by Crippen LogP contribution is -2.30. The van der Waals surface area contributed by atoms with Crippen LogP contribution in [0.4, 0.5) is 4.39 Å². The summed E-state index contributed by atoms with van der Waals surface area (Å²) in [5, 5.41) is 5.39. The van der Waals surface area contributed by atoms with Crippen LogP contribution in [0.25, 0.3) is 0 Å². The largest absolute Gasteiger partial charge is 0.352 e. The van der Waals surface area contributed by atoms with Crippen LogP contribution < -0.4 is 10.6 Å². The van der Waals surface area contributed by atoms with E-state index in [0.717, 1.165) is 0 Å². The van der Waals surface area contributed by atoms with E-state index in [9.17, 15) is 14.0 Å². The lowest BCUT2D eigenvalue weighted by molar-refractivity contribution is 0.0951. The number of H-pyrrole nitrogens is 1. The molecule has 1 aromatic carbocycles. The third-order valence-corrected chi connectivity index (χ3v) is 3.41. The van der Waals surface area contributed by atoms with E-state index in [1.807, 2.05) is 0 Å². The van der Waals surface area contributed by atoms with Gasteiger partial charge in [-0.15, -0.1) is 0 Å². The van der Waals surface area contributed by atoms with Gasteiger partial charge in [0.25, 0.3) is 11.8 Å². The zero-order valence-electron chi connectivity index (χ0n) is 12.3. The summed E-state index contributed by atoms with van der Waals surface area (Å²) in [5.41, 5.74) is 0.677. The molecule has 0 radical (unpaired) electrons. The SMILES string of the molecule is O=C(NCCCNC(=O)c1ccc[nH]c1=S)c1cccc(F)c1. The van der Waals surface area contributed by atoms with Crippen LogP contribution in [0.2, 0.25) is 0 Å². The maximum Gasteiger partial charge on any atom is 0.254 e. The highest BCUT2D eigenvalue weighted by Crippen LogP contribution is 2.03. The molecule has 0 aliphatic carbocycles. The number of hydrogen-bond donors (Lipinski definition) is 3. The number of nitrogens with one attached hydrogen (secondary N) is 3. The Bertz CT molecular complexity index is 761. The van der Waals surface area contributed by atoms with Gasteiger partial charge in [0.1, 0.15) is 10.5 Å². The average Bonchev–Trinajstić information content (AvgIpc) is 2.54. The highest BCUT2D eigenvalue weighted by molar-refractivity contribution is 7.71. The second kappa shape index (κ2) is 8.19. The molecule has 2 amide bonds. The van der Waals surface area contributed by atoms with E-state index in [4.69, 9.17) is 12.2 Å². The Morgan fingerprint density at radius 1 is 1.09 bits per heavy atom. The van der Waals surface area contributed by atoms with Crippen LogP contribution in [0, 0.1) is 10.5 Å². The fraction of sp³-hybridized carbons (Fsp3) is 0.188. The predicted molar refractivity (Wildman–Crippen MR) is 87.3 cm³/mol. The molecule has 0 saturated carbocycles. The number of hydrogen-bond acceptors (Lipinski definition) is 3. The van der Waals surface area contributed by atoms with Gasteiger partial charge in [-0.25, -0.2) is 4.39 Å². The van der Waals surface area contributed by atoms with Gasteiger partial charge in [0.2, 0.25) is 0 Å². The van der Waals surface area contributed by atoms with E-state index in [-0.39, 0.29) is 17.4 Å². The van der Waals surface area contributed by atoms with Crippen LogP contribution in [-0.4, -0.2) is 29.9 Å². The van der Waals surface area contributed by atoms with Crippen molar-refractivity contribution in [1.82, 2.24) is 15.6 Å². The number of carbonyl (C=O) groups excluding carboxylic acids is 2. The van der Waals surface area contributed by atoms with Gasteiger partial charge in [0.05, 0.1) is 5.56 Å². The zero-order chi connectivity index (χ0) is 16.7. The summed E-state index contributed by atoms with van der Waals surface area (Å²) in [4.78, 5) is 26.5. The molecule has 0 saturated heterocycles. The van der Waals surface area contributed by atoms with Crippen LogP contribution in [-0.2, 0) is 0 Å². The van der Waals surface area contributed by atoms with Crippen LogP contribution in [0.3, 0.4) is 0 Å². The number of pyridine rings is 1. The summed E-state index contributed by atoms with van der Waals surface area (Å²) < 4.78 is 13.4. The van der Waals surface area contributed by atoms with E-state index in [2.05, 4.69) is 15.6 Å². The van der Waals surface area contributed by atoms with Gasteiger partial charge in [0.15, 0.2) is 0 Å². The fourth-order valence-electron chi connectivity index (χ4n) is 1.92. The Labute approximate surface area is 137 Å². The van der Waals surface area contributed by atoms with Crippen molar-refractivity contribution in [3.05, 3.63) is 64.2 Å². The van der Waals surface area contributed by atoms with Gasteiger partial charge in [-0.1, -0.05) is 18.3 Å².